The van der Waals surface area contributed by atoms with Crippen molar-refractivity contribution in [3.05, 3.63) is 57.3 Å². The molecule has 0 radical (unpaired) electrons. The highest BCUT2D eigenvalue weighted by atomic mass is 32.1. The van der Waals surface area contributed by atoms with Gasteiger partial charge in [-0.15, -0.1) is 22.7 Å². The molecule has 1 unspecified atom stereocenters. The molecule has 0 aromatic carbocycles. The number of hydrogen-bond donors (Lipinski definition) is 2. The van der Waals surface area contributed by atoms with E-state index >= 15 is 0 Å². The monoisotopic (exact) mass is 511 g/mol. The standard InChI is InChI=1S/C24H25N5O4S2/c1-29(2)23-26-11-17(34-23)12-27-24(31)33-14-16-3-5-18-19(10-25)22(35-20(18)9-16)28-21(30)6-4-15-7-8-32-13-15/h4,6-8,11,13,16H,3,5,9,12,14H2,1-2H3,(H,27,31)(H,28,30)/b6-4+. The lowest BCUT2D eigenvalue weighted by Crippen LogP contribution is -2.27. The minimum atomic E-state index is -0.461. The van der Waals surface area contributed by atoms with E-state index in [1.54, 1.807) is 18.3 Å². The number of nitriles is 1. The Morgan fingerprint density at radius 1 is 1.40 bits per heavy atom. The molecule has 2 amide bonds. The van der Waals surface area contributed by atoms with Gasteiger partial charge in [0.2, 0.25) is 5.91 Å². The van der Waals surface area contributed by atoms with Crippen molar-refractivity contribution in [3.63, 3.8) is 0 Å². The molecule has 0 spiro atoms. The summed E-state index contributed by atoms with van der Waals surface area (Å²) in [5.41, 5.74) is 2.28. The summed E-state index contributed by atoms with van der Waals surface area (Å²) in [7, 11) is 3.84. The lowest BCUT2D eigenvalue weighted by atomic mass is 9.88. The van der Waals surface area contributed by atoms with Crippen LogP contribution in [0.15, 0.2) is 35.3 Å². The number of nitrogens with zero attached hydrogens (tertiary/aromatic N) is 3. The van der Waals surface area contributed by atoms with E-state index in [0.717, 1.165) is 32.4 Å². The summed E-state index contributed by atoms with van der Waals surface area (Å²) in [5, 5.41) is 16.7. The van der Waals surface area contributed by atoms with Crippen LogP contribution in [0.3, 0.4) is 0 Å². The Hall–Kier alpha value is -3.62. The quantitative estimate of drug-likeness (QED) is 0.430. The number of aromatic nitrogens is 1. The lowest BCUT2D eigenvalue weighted by Gasteiger charge is -2.21. The second kappa shape index (κ2) is 11.2. The molecule has 1 aliphatic carbocycles. The smallest absolute Gasteiger partial charge is 0.407 e. The Morgan fingerprint density at radius 2 is 2.26 bits per heavy atom. The number of rotatable bonds is 8. The Labute approximate surface area is 211 Å². The number of ether oxygens (including phenoxy) is 1. The van der Waals surface area contributed by atoms with Crippen LogP contribution in [0.25, 0.3) is 6.08 Å². The van der Waals surface area contributed by atoms with Crippen molar-refractivity contribution < 1.29 is 18.7 Å². The van der Waals surface area contributed by atoms with Crippen molar-refractivity contribution in [1.82, 2.24) is 10.3 Å². The topological polar surface area (TPSA) is 120 Å². The van der Waals surface area contributed by atoms with Crippen LogP contribution in [0.2, 0.25) is 0 Å². The largest absolute Gasteiger partial charge is 0.472 e. The summed E-state index contributed by atoms with van der Waals surface area (Å²) in [6.45, 7) is 0.666. The molecule has 1 aliphatic rings. The van der Waals surface area contributed by atoms with Gasteiger partial charge in [-0.2, -0.15) is 5.26 Å². The van der Waals surface area contributed by atoms with Gasteiger partial charge in [0.15, 0.2) is 5.13 Å². The molecule has 0 saturated carbocycles. The predicted molar refractivity (Wildman–Crippen MR) is 136 cm³/mol. The van der Waals surface area contributed by atoms with Gasteiger partial charge >= 0.3 is 6.09 Å². The summed E-state index contributed by atoms with van der Waals surface area (Å²) < 4.78 is 10.4. The molecule has 0 bridgehead atoms. The van der Waals surface area contributed by atoms with Gasteiger partial charge in [-0.1, -0.05) is 0 Å². The Kier molecular flexibility index (Phi) is 7.84. The maximum Gasteiger partial charge on any atom is 0.407 e. The number of furan rings is 1. The van der Waals surface area contributed by atoms with Gasteiger partial charge in [0.25, 0.3) is 0 Å². The van der Waals surface area contributed by atoms with Gasteiger partial charge < -0.3 is 24.7 Å². The average Bonchev–Trinajstić information content (AvgIpc) is 3.59. The van der Waals surface area contributed by atoms with E-state index in [1.807, 2.05) is 19.0 Å². The molecule has 0 fully saturated rings. The minimum absolute atomic E-state index is 0.159. The molecule has 9 nitrogen and oxygen atoms in total. The van der Waals surface area contributed by atoms with Crippen molar-refractivity contribution in [3.8, 4) is 6.07 Å². The molecular weight excluding hydrogens is 486 g/mol. The number of hydrogen-bond acceptors (Lipinski definition) is 9. The number of anilines is 2. The fraction of sp³-hybridized carbons (Fsp3) is 0.333. The summed E-state index contributed by atoms with van der Waals surface area (Å²) in [5.74, 6) is -0.150. The molecule has 182 valence electrons. The number of thiophene rings is 1. The third kappa shape index (κ3) is 6.29. The number of carbonyl (C=O) groups excluding carboxylic acids is 2. The number of amides is 2. The first kappa shape index (κ1) is 24.5. The zero-order chi connectivity index (χ0) is 24.8. The lowest BCUT2D eigenvalue weighted by molar-refractivity contribution is -0.111. The first-order valence-corrected chi connectivity index (χ1v) is 12.6. The number of nitrogens with one attached hydrogen (secondary N) is 2. The van der Waals surface area contributed by atoms with Gasteiger partial charge in [-0.05, 0) is 42.9 Å². The van der Waals surface area contributed by atoms with E-state index in [0.29, 0.717) is 36.6 Å². The zero-order valence-electron chi connectivity index (χ0n) is 19.4. The second-order valence-corrected chi connectivity index (χ2v) is 10.5. The van der Waals surface area contributed by atoms with Crippen molar-refractivity contribution in [2.45, 2.75) is 25.8 Å². The van der Waals surface area contributed by atoms with E-state index in [2.05, 4.69) is 21.7 Å². The number of carbonyl (C=O) groups is 2. The van der Waals surface area contributed by atoms with Crippen LogP contribution in [0, 0.1) is 17.2 Å². The normalized spacial score (nSPS) is 14.8. The Bertz CT molecular complexity index is 1250. The number of fused-ring (bicyclic) bond motifs is 1. The minimum Gasteiger partial charge on any atom is -0.472 e. The van der Waals surface area contributed by atoms with Gasteiger partial charge in [0.1, 0.15) is 11.1 Å². The second-order valence-electron chi connectivity index (χ2n) is 8.26. The van der Waals surface area contributed by atoms with Crippen LogP contribution in [0.1, 0.15) is 32.9 Å². The third-order valence-corrected chi connectivity index (χ3v) is 7.80. The van der Waals surface area contributed by atoms with Crippen molar-refractivity contribution in [1.29, 1.82) is 5.26 Å². The predicted octanol–water partition coefficient (Wildman–Crippen LogP) is 4.42. The summed E-state index contributed by atoms with van der Waals surface area (Å²) in [4.78, 5) is 32.7. The van der Waals surface area contributed by atoms with Crippen LogP contribution in [0.4, 0.5) is 14.9 Å². The van der Waals surface area contributed by atoms with E-state index in [4.69, 9.17) is 9.15 Å². The maximum absolute atomic E-state index is 12.3. The van der Waals surface area contributed by atoms with E-state index < -0.39 is 6.09 Å². The van der Waals surface area contributed by atoms with Crippen molar-refractivity contribution in [2.75, 3.05) is 30.9 Å². The van der Waals surface area contributed by atoms with Gasteiger partial charge in [-0.25, -0.2) is 9.78 Å². The van der Waals surface area contributed by atoms with Crippen LogP contribution in [0.5, 0.6) is 0 Å². The highest BCUT2D eigenvalue weighted by Crippen LogP contribution is 2.39. The molecule has 0 aliphatic heterocycles. The fourth-order valence-electron chi connectivity index (χ4n) is 3.69. The molecule has 3 aromatic heterocycles. The maximum atomic E-state index is 12.3. The molecule has 0 saturated heterocycles. The molecule has 11 heteroatoms. The summed E-state index contributed by atoms with van der Waals surface area (Å²) >= 11 is 2.93. The van der Waals surface area contributed by atoms with E-state index in [1.165, 1.54) is 41.3 Å². The number of thiazole rings is 1. The third-order valence-electron chi connectivity index (χ3n) is 5.47. The Morgan fingerprint density at radius 3 is 2.97 bits per heavy atom. The van der Waals surface area contributed by atoms with Crippen molar-refractivity contribution >= 4 is 50.9 Å². The summed E-state index contributed by atoms with van der Waals surface area (Å²) in [6, 6.07) is 3.99. The average molecular weight is 512 g/mol. The highest BCUT2D eigenvalue weighted by molar-refractivity contribution is 7.16. The molecular formula is C24H25N5O4S2. The molecule has 2 N–H and O–H groups in total. The molecule has 35 heavy (non-hydrogen) atoms. The molecule has 1 atom stereocenters. The van der Waals surface area contributed by atoms with Gasteiger partial charge in [-0.3, -0.25) is 4.79 Å². The van der Waals surface area contributed by atoms with Crippen LogP contribution < -0.4 is 15.5 Å². The highest BCUT2D eigenvalue weighted by Gasteiger charge is 2.27. The molecule has 3 heterocycles. The first-order chi connectivity index (χ1) is 16.9. The van der Waals surface area contributed by atoms with E-state index in [9.17, 15) is 14.9 Å². The van der Waals surface area contributed by atoms with E-state index in [-0.39, 0.29) is 11.8 Å². The van der Waals surface area contributed by atoms with Crippen LogP contribution >= 0.6 is 22.7 Å². The molecule has 3 aromatic rings. The van der Waals surface area contributed by atoms with Crippen molar-refractivity contribution in [2.24, 2.45) is 5.92 Å². The number of alkyl carbamates (subject to hydrolysis) is 1. The molecule has 4 rings (SSSR count). The van der Waals surface area contributed by atoms with Crippen LogP contribution in [-0.2, 0) is 28.9 Å². The Balaban J connectivity index is 1.28. The van der Waals surface area contributed by atoms with Crippen LogP contribution in [-0.4, -0.2) is 37.7 Å². The SMILES string of the molecule is CN(C)c1ncc(CNC(=O)OCC2CCc3c(sc(NC(=O)/C=C/c4ccoc4)c3C#N)C2)s1. The zero-order valence-corrected chi connectivity index (χ0v) is 21.0. The first-order valence-electron chi connectivity index (χ1n) is 11.0. The fourth-order valence-corrected chi connectivity index (χ4v) is 5.78. The van der Waals surface area contributed by atoms with Gasteiger partial charge in [0, 0.05) is 41.7 Å². The summed E-state index contributed by atoms with van der Waals surface area (Å²) in [6.07, 6.45) is 9.62. The van der Waals surface area contributed by atoms with Gasteiger partial charge in [0.05, 0.1) is 31.2 Å².